The smallest absolute Gasteiger partial charge is 0.152 e. The fourth-order valence-electron chi connectivity index (χ4n) is 4.28. The standard InChI is InChI=1S/C27H36ClFIN3O/c1-2-3-4-5-6-7-8-9-10-11-12-13-16-33-27(23(30)19-32-33)25-21(18-31)24(34-20-14-15-20)17-22(28)26(25)29/h17,19-20H,2-16H2,1H3. The molecule has 1 aromatic carbocycles. The molecule has 4 nitrogen and oxygen atoms in total. The minimum atomic E-state index is -0.587. The number of unbranched alkanes of at least 4 members (excludes halogenated alkanes) is 11. The lowest BCUT2D eigenvalue weighted by atomic mass is 10.0. The van der Waals surface area contributed by atoms with Gasteiger partial charge < -0.3 is 4.74 Å². The van der Waals surface area contributed by atoms with Crippen molar-refractivity contribution in [2.24, 2.45) is 0 Å². The van der Waals surface area contributed by atoms with E-state index in [9.17, 15) is 5.26 Å². The third kappa shape index (κ3) is 7.84. The number of aromatic nitrogens is 2. The Hall–Kier alpha value is -1.33. The van der Waals surface area contributed by atoms with E-state index in [1.54, 1.807) is 6.20 Å². The van der Waals surface area contributed by atoms with E-state index in [1.165, 1.54) is 70.3 Å². The number of hydrogen-bond donors (Lipinski definition) is 0. The molecule has 0 bridgehead atoms. The summed E-state index contributed by atoms with van der Waals surface area (Å²) in [6, 6.07) is 3.58. The van der Waals surface area contributed by atoms with Crippen molar-refractivity contribution in [1.29, 1.82) is 5.26 Å². The van der Waals surface area contributed by atoms with Crippen molar-refractivity contribution in [2.45, 2.75) is 109 Å². The highest BCUT2D eigenvalue weighted by Crippen LogP contribution is 2.41. The Morgan fingerprint density at radius 1 is 1.09 bits per heavy atom. The van der Waals surface area contributed by atoms with Gasteiger partial charge in [0.1, 0.15) is 17.4 Å². The number of hydrogen-bond acceptors (Lipinski definition) is 3. The predicted octanol–water partition coefficient (Wildman–Crippen LogP) is 9.06. The average Bonchev–Trinajstić information content (AvgIpc) is 3.57. The molecule has 0 saturated heterocycles. The number of rotatable bonds is 16. The topological polar surface area (TPSA) is 50.8 Å². The molecule has 186 valence electrons. The minimum Gasteiger partial charge on any atom is -0.489 e. The fourth-order valence-corrected chi connectivity index (χ4v) is 5.14. The first-order valence-corrected chi connectivity index (χ1v) is 14.3. The summed E-state index contributed by atoms with van der Waals surface area (Å²) >= 11 is 8.36. The van der Waals surface area contributed by atoms with Crippen LogP contribution in [0, 0.1) is 20.7 Å². The summed E-state index contributed by atoms with van der Waals surface area (Å²) in [5.41, 5.74) is 1.01. The molecule has 0 unspecified atom stereocenters. The molecule has 0 spiro atoms. The van der Waals surface area contributed by atoms with Gasteiger partial charge in [-0.2, -0.15) is 10.4 Å². The first-order valence-electron chi connectivity index (χ1n) is 12.9. The van der Waals surface area contributed by atoms with E-state index in [-0.39, 0.29) is 22.3 Å². The Bertz CT molecular complexity index is 968. The Balaban J connectivity index is 1.53. The van der Waals surface area contributed by atoms with E-state index in [0.717, 1.165) is 29.3 Å². The molecule has 1 fully saturated rings. The maximum atomic E-state index is 15.2. The molecular formula is C27H36ClFIN3O. The van der Waals surface area contributed by atoms with Crippen LogP contribution in [0.3, 0.4) is 0 Å². The Kier molecular flexibility index (Phi) is 11.5. The van der Waals surface area contributed by atoms with Gasteiger partial charge in [-0.3, -0.25) is 4.68 Å². The number of aryl methyl sites for hydroxylation is 1. The molecule has 0 radical (unpaired) electrons. The highest BCUT2D eigenvalue weighted by molar-refractivity contribution is 14.1. The van der Waals surface area contributed by atoms with Gasteiger partial charge >= 0.3 is 0 Å². The van der Waals surface area contributed by atoms with Crippen LogP contribution in [0.1, 0.15) is 102 Å². The zero-order chi connectivity index (χ0) is 24.3. The van der Waals surface area contributed by atoms with Crippen molar-refractivity contribution >= 4 is 34.2 Å². The molecule has 1 saturated carbocycles. The van der Waals surface area contributed by atoms with Crippen molar-refractivity contribution < 1.29 is 9.13 Å². The second-order valence-corrected chi connectivity index (χ2v) is 10.9. The van der Waals surface area contributed by atoms with Crippen LogP contribution in [0.5, 0.6) is 5.75 Å². The molecule has 1 aliphatic rings. The largest absolute Gasteiger partial charge is 0.489 e. The first-order chi connectivity index (χ1) is 16.6. The molecule has 1 aliphatic carbocycles. The molecule has 3 rings (SSSR count). The van der Waals surface area contributed by atoms with Gasteiger partial charge in [-0.1, -0.05) is 89.2 Å². The van der Waals surface area contributed by atoms with Gasteiger partial charge in [-0.25, -0.2) is 4.39 Å². The van der Waals surface area contributed by atoms with Crippen LogP contribution in [0.2, 0.25) is 5.02 Å². The molecule has 34 heavy (non-hydrogen) atoms. The molecular weight excluding hydrogens is 564 g/mol. The Labute approximate surface area is 222 Å². The number of halogens is 3. The third-order valence-electron chi connectivity index (χ3n) is 6.37. The van der Waals surface area contributed by atoms with Gasteiger partial charge in [-0.05, 0) is 41.9 Å². The van der Waals surface area contributed by atoms with E-state index in [0.29, 0.717) is 18.0 Å². The van der Waals surface area contributed by atoms with E-state index >= 15 is 4.39 Å². The fraction of sp³-hybridized carbons (Fsp3) is 0.630. The molecule has 7 heteroatoms. The minimum absolute atomic E-state index is 0.0291. The first kappa shape index (κ1) is 27.3. The second kappa shape index (κ2) is 14.3. The van der Waals surface area contributed by atoms with Crippen LogP contribution in [-0.2, 0) is 6.54 Å². The van der Waals surface area contributed by atoms with Gasteiger partial charge in [0.15, 0.2) is 5.82 Å². The summed E-state index contributed by atoms with van der Waals surface area (Å²) < 4.78 is 23.7. The molecule has 0 N–H and O–H groups in total. The van der Waals surface area contributed by atoms with Crippen LogP contribution < -0.4 is 4.74 Å². The van der Waals surface area contributed by atoms with E-state index in [4.69, 9.17) is 16.3 Å². The normalized spacial score (nSPS) is 13.3. The third-order valence-corrected chi connectivity index (χ3v) is 7.43. The van der Waals surface area contributed by atoms with Gasteiger partial charge in [-0.15, -0.1) is 0 Å². The van der Waals surface area contributed by atoms with E-state index in [2.05, 4.69) is 40.7 Å². The van der Waals surface area contributed by atoms with Crippen LogP contribution in [0.15, 0.2) is 12.3 Å². The molecule has 1 aromatic heterocycles. The quantitative estimate of drug-likeness (QED) is 0.143. The summed E-state index contributed by atoms with van der Waals surface area (Å²) in [5.74, 6) is -0.226. The summed E-state index contributed by atoms with van der Waals surface area (Å²) in [6.07, 6.45) is 19.1. The van der Waals surface area contributed by atoms with Gasteiger partial charge in [0.2, 0.25) is 0 Å². The van der Waals surface area contributed by atoms with Crippen molar-refractivity contribution in [3.05, 3.63) is 32.2 Å². The molecule has 2 aromatic rings. The van der Waals surface area contributed by atoms with Crippen molar-refractivity contribution in [2.75, 3.05) is 0 Å². The summed E-state index contributed by atoms with van der Waals surface area (Å²) in [7, 11) is 0. The summed E-state index contributed by atoms with van der Waals surface area (Å²) in [4.78, 5) is 0. The lowest BCUT2D eigenvalue weighted by Gasteiger charge is -2.15. The van der Waals surface area contributed by atoms with Crippen molar-refractivity contribution in [3.63, 3.8) is 0 Å². The van der Waals surface area contributed by atoms with Gasteiger partial charge in [0.25, 0.3) is 0 Å². The van der Waals surface area contributed by atoms with Crippen LogP contribution >= 0.6 is 34.2 Å². The number of nitrogens with zero attached hydrogens (tertiary/aromatic N) is 3. The predicted molar refractivity (Wildman–Crippen MR) is 145 cm³/mol. The second-order valence-electron chi connectivity index (χ2n) is 9.30. The summed E-state index contributed by atoms with van der Waals surface area (Å²) in [6.45, 7) is 2.94. The van der Waals surface area contributed by atoms with Crippen LogP contribution in [0.4, 0.5) is 4.39 Å². The Morgan fingerprint density at radius 2 is 1.68 bits per heavy atom. The van der Waals surface area contributed by atoms with E-state index in [1.807, 2.05) is 4.68 Å². The van der Waals surface area contributed by atoms with Crippen molar-refractivity contribution in [3.8, 4) is 23.1 Å². The monoisotopic (exact) mass is 599 g/mol. The zero-order valence-corrected chi connectivity index (χ0v) is 23.1. The maximum absolute atomic E-state index is 15.2. The molecule has 0 atom stereocenters. The maximum Gasteiger partial charge on any atom is 0.152 e. The van der Waals surface area contributed by atoms with E-state index < -0.39 is 5.82 Å². The number of benzene rings is 1. The van der Waals surface area contributed by atoms with Crippen LogP contribution in [0.25, 0.3) is 11.3 Å². The lowest BCUT2D eigenvalue weighted by Crippen LogP contribution is -2.07. The zero-order valence-electron chi connectivity index (χ0n) is 20.2. The molecule has 0 aliphatic heterocycles. The molecule has 0 amide bonds. The van der Waals surface area contributed by atoms with Gasteiger partial charge in [0.05, 0.1) is 32.2 Å². The molecule has 1 heterocycles. The highest BCUT2D eigenvalue weighted by atomic mass is 127. The van der Waals surface area contributed by atoms with Crippen molar-refractivity contribution in [1.82, 2.24) is 9.78 Å². The lowest BCUT2D eigenvalue weighted by molar-refractivity contribution is 0.302. The number of nitriles is 1. The highest BCUT2D eigenvalue weighted by Gasteiger charge is 2.29. The van der Waals surface area contributed by atoms with Gasteiger partial charge in [0, 0.05) is 12.6 Å². The Morgan fingerprint density at radius 3 is 2.24 bits per heavy atom. The SMILES string of the molecule is CCCCCCCCCCCCCCn1ncc(I)c1-c1c(F)c(Cl)cc(OC2CC2)c1C#N. The number of ether oxygens (including phenoxy) is 1. The van der Waals surface area contributed by atoms with Crippen LogP contribution in [-0.4, -0.2) is 15.9 Å². The average molecular weight is 600 g/mol. The summed E-state index contributed by atoms with van der Waals surface area (Å²) in [5, 5.41) is 14.3.